The fourth-order valence-corrected chi connectivity index (χ4v) is 7.94. The second-order valence-corrected chi connectivity index (χ2v) is 13.9. The van der Waals surface area contributed by atoms with Gasteiger partial charge < -0.3 is 0 Å². The Bertz CT molecular complexity index is 1120. The highest BCUT2D eigenvalue weighted by molar-refractivity contribution is 5.35. The molecule has 3 aliphatic rings. The summed E-state index contributed by atoms with van der Waals surface area (Å²) in [5.74, 6) is 5.61. The first-order valence-electron chi connectivity index (χ1n) is 16.5. The molecule has 0 bridgehead atoms. The summed E-state index contributed by atoms with van der Waals surface area (Å²) in [5.41, 5.74) is 9.61. The maximum Gasteiger partial charge on any atom is -0.0110 e. The van der Waals surface area contributed by atoms with Crippen LogP contribution >= 0.6 is 0 Å². The molecule has 3 aromatic carbocycles. The van der Waals surface area contributed by atoms with Crippen LogP contribution in [-0.4, -0.2) is 0 Å². The second-order valence-electron chi connectivity index (χ2n) is 13.9. The Hall–Kier alpha value is -2.34. The van der Waals surface area contributed by atoms with Gasteiger partial charge in [0.15, 0.2) is 0 Å². The second kappa shape index (κ2) is 14.5. The van der Waals surface area contributed by atoms with Crippen molar-refractivity contribution in [2.45, 2.75) is 118 Å². The van der Waals surface area contributed by atoms with Crippen molar-refractivity contribution in [2.75, 3.05) is 0 Å². The molecule has 2 unspecified atom stereocenters. The molecule has 3 aliphatic carbocycles. The topological polar surface area (TPSA) is 0 Å². The lowest BCUT2D eigenvalue weighted by Crippen LogP contribution is -2.22. The summed E-state index contributed by atoms with van der Waals surface area (Å²) >= 11 is 0. The minimum Gasteiger partial charge on any atom is -0.0622 e. The van der Waals surface area contributed by atoms with E-state index < -0.39 is 0 Å². The number of fused-ring (bicyclic) bond motifs is 3. The van der Waals surface area contributed by atoms with Gasteiger partial charge in [-0.3, -0.25) is 0 Å². The van der Waals surface area contributed by atoms with E-state index in [9.17, 15) is 0 Å². The summed E-state index contributed by atoms with van der Waals surface area (Å²) < 4.78 is 0. The highest BCUT2D eigenvalue weighted by Gasteiger charge is 2.28. The third-order valence-electron chi connectivity index (χ3n) is 10.1. The molecular weight excluding hydrogens is 480 g/mol. The van der Waals surface area contributed by atoms with Gasteiger partial charge in [0, 0.05) is 0 Å². The Morgan fingerprint density at radius 1 is 0.475 bits per heavy atom. The van der Waals surface area contributed by atoms with E-state index in [1.807, 2.05) is 0 Å². The Kier molecular flexibility index (Phi) is 11.1. The van der Waals surface area contributed by atoms with Gasteiger partial charge in [-0.2, -0.15) is 0 Å². The van der Waals surface area contributed by atoms with Gasteiger partial charge in [0.25, 0.3) is 0 Å². The molecular formula is C40H56. The van der Waals surface area contributed by atoms with Crippen LogP contribution in [0.4, 0.5) is 0 Å². The zero-order valence-electron chi connectivity index (χ0n) is 26.6. The predicted molar refractivity (Wildman–Crippen MR) is 175 cm³/mol. The zero-order chi connectivity index (χ0) is 28.6. The van der Waals surface area contributed by atoms with Gasteiger partial charge >= 0.3 is 0 Å². The zero-order valence-corrected chi connectivity index (χ0v) is 26.6. The lowest BCUT2D eigenvalue weighted by Gasteiger charge is -2.34. The van der Waals surface area contributed by atoms with Crippen molar-refractivity contribution in [1.29, 1.82) is 0 Å². The molecule has 0 heterocycles. The first-order chi connectivity index (χ1) is 19.3. The van der Waals surface area contributed by atoms with Gasteiger partial charge in [0.2, 0.25) is 0 Å². The first-order valence-corrected chi connectivity index (χ1v) is 16.5. The van der Waals surface area contributed by atoms with Crippen LogP contribution in [0.5, 0.6) is 0 Å². The van der Waals surface area contributed by atoms with E-state index in [0.717, 1.165) is 41.4 Å². The number of hydrogen-bond acceptors (Lipinski definition) is 0. The lowest BCUT2D eigenvalue weighted by molar-refractivity contribution is 0.327. The average molecular weight is 537 g/mol. The highest BCUT2D eigenvalue weighted by atomic mass is 14.3. The molecule has 6 rings (SSSR count). The van der Waals surface area contributed by atoms with Crippen molar-refractivity contribution in [3.05, 3.63) is 106 Å². The highest BCUT2D eigenvalue weighted by Crippen LogP contribution is 2.40. The standard InChI is InChI=1S/C14H20.2C13H18/c1-10(2)14-11(3)8-9-12-6-4-5-7-13(12)14;2*1-10(2)12-9-5-7-11-6-3-4-8-13(11)12/h4-7,10-11,14H,8-9H2,1-3H3;2*3-4,6,8,10,12H,5,7,9H2,1-2H3/t;2*12-/m.10/s1. The van der Waals surface area contributed by atoms with Gasteiger partial charge in [-0.15, -0.1) is 0 Å². The molecule has 0 saturated heterocycles. The molecule has 4 atom stereocenters. The number of aryl methyl sites for hydroxylation is 3. The third-order valence-corrected chi connectivity index (χ3v) is 10.1. The van der Waals surface area contributed by atoms with E-state index in [-0.39, 0.29) is 0 Å². The van der Waals surface area contributed by atoms with Crippen molar-refractivity contribution in [1.82, 2.24) is 0 Å². The summed E-state index contributed by atoms with van der Waals surface area (Å²) in [4.78, 5) is 0. The normalized spacial score (nSPS) is 23.2. The van der Waals surface area contributed by atoms with E-state index in [4.69, 9.17) is 0 Å². The van der Waals surface area contributed by atoms with Crippen LogP contribution in [0.1, 0.15) is 132 Å². The first kappa shape index (κ1) is 30.6. The summed E-state index contributed by atoms with van der Waals surface area (Å²) in [6, 6.07) is 26.9. The van der Waals surface area contributed by atoms with Gasteiger partial charge in [-0.05, 0) is 126 Å². The van der Waals surface area contributed by atoms with E-state index in [2.05, 4.69) is 121 Å². The van der Waals surface area contributed by atoms with Gasteiger partial charge in [0.1, 0.15) is 0 Å². The third kappa shape index (κ3) is 7.48. The van der Waals surface area contributed by atoms with Crippen molar-refractivity contribution in [3.63, 3.8) is 0 Å². The summed E-state index contributed by atoms with van der Waals surface area (Å²) in [7, 11) is 0. The minimum atomic E-state index is 0.770. The molecule has 0 saturated carbocycles. The SMILES string of the molecule is CC(C)C1c2ccccc2CCC1C.CC(C)[C@@H]1CCCc2ccccc21.CC(C)[C@H]1CCCc2ccccc21. The monoisotopic (exact) mass is 536 g/mol. The molecule has 0 N–H and O–H groups in total. The molecule has 0 amide bonds. The molecule has 216 valence electrons. The van der Waals surface area contributed by atoms with Crippen LogP contribution in [0, 0.1) is 23.7 Å². The molecule has 0 radical (unpaired) electrons. The molecule has 3 aromatic rings. The average Bonchev–Trinajstić information content (AvgIpc) is 2.96. The van der Waals surface area contributed by atoms with Crippen molar-refractivity contribution in [2.24, 2.45) is 23.7 Å². The number of hydrogen-bond donors (Lipinski definition) is 0. The maximum absolute atomic E-state index is 2.40. The quantitative estimate of drug-likeness (QED) is 0.312. The molecule has 0 aliphatic heterocycles. The van der Waals surface area contributed by atoms with Crippen molar-refractivity contribution < 1.29 is 0 Å². The Balaban J connectivity index is 0.000000139. The number of rotatable bonds is 3. The fourth-order valence-electron chi connectivity index (χ4n) is 7.94. The van der Waals surface area contributed by atoms with Crippen LogP contribution in [0.15, 0.2) is 72.8 Å². The maximum atomic E-state index is 2.40. The van der Waals surface area contributed by atoms with Crippen molar-refractivity contribution in [3.8, 4) is 0 Å². The summed E-state index contributed by atoms with van der Waals surface area (Å²) in [6.45, 7) is 16.5. The van der Waals surface area contributed by atoms with Crippen LogP contribution in [0.2, 0.25) is 0 Å². The summed E-state index contributed by atoms with van der Waals surface area (Å²) in [6.07, 6.45) is 10.7. The van der Waals surface area contributed by atoms with Crippen molar-refractivity contribution >= 4 is 0 Å². The van der Waals surface area contributed by atoms with Crippen LogP contribution in [0.25, 0.3) is 0 Å². The molecule has 0 fully saturated rings. The Morgan fingerprint density at radius 3 is 1.30 bits per heavy atom. The van der Waals surface area contributed by atoms with E-state index >= 15 is 0 Å². The minimum absolute atomic E-state index is 0.770. The smallest absolute Gasteiger partial charge is 0.0110 e. The Morgan fingerprint density at radius 2 is 0.875 bits per heavy atom. The molecule has 0 heteroatoms. The van der Waals surface area contributed by atoms with Gasteiger partial charge in [0.05, 0.1) is 0 Å². The van der Waals surface area contributed by atoms with Gasteiger partial charge in [-0.1, -0.05) is 121 Å². The summed E-state index contributed by atoms with van der Waals surface area (Å²) in [5, 5.41) is 0. The van der Waals surface area contributed by atoms with Gasteiger partial charge in [-0.25, -0.2) is 0 Å². The fraction of sp³-hybridized carbons (Fsp3) is 0.550. The van der Waals surface area contributed by atoms with E-state index in [0.29, 0.717) is 0 Å². The molecule has 0 spiro atoms. The largest absolute Gasteiger partial charge is 0.0622 e. The number of benzene rings is 3. The van der Waals surface area contributed by atoms with Crippen LogP contribution in [0.3, 0.4) is 0 Å². The predicted octanol–water partition coefficient (Wildman–Crippen LogP) is 11.5. The molecule has 0 aromatic heterocycles. The van der Waals surface area contributed by atoms with E-state index in [1.165, 1.54) is 51.4 Å². The van der Waals surface area contributed by atoms with Crippen LogP contribution in [-0.2, 0) is 19.3 Å². The molecule has 40 heavy (non-hydrogen) atoms. The van der Waals surface area contributed by atoms with Crippen LogP contribution < -0.4 is 0 Å². The molecule has 0 nitrogen and oxygen atoms in total. The Labute approximate surface area is 247 Å². The van der Waals surface area contributed by atoms with E-state index in [1.54, 1.807) is 33.4 Å². The lowest BCUT2D eigenvalue weighted by atomic mass is 9.71.